The van der Waals surface area contributed by atoms with E-state index in [2.05, 4.69) is 10.6 Å². The summed E-state index contributed by atoms with van der Waals surface area (Å²) in [4.78, 5) is 35.8. The van der Waals surface area contributed by atoms with E-state index < -0.39 is 42.8 Å². The topological polar surface area (TPSA) is 105 Å². The van der Waals surface area contributed by atoms with Crippen LogP contribution in [0.5, 0.6) is 0 Å². The third-order valence-electron chi connectivity index (χ3n) is 6.57. The molecule has 2 aromatic rings. The fraction of sp³-hybridized carbons (Fsp3) is 0.423. The highest BCUT2D eigenvalue weighted by Gasteiger charge is 2.32. The number of halogens is 2. The molecule has 7 nitrogen and oxygen atoms in total. The Labute approximate surface area is 201 Å². The van der Waals surface area contributed by atoms with Crippen molar-refractivity contribution in [2.75, 3.05) is 13.2 Å². The van der Waals surface area contributed by atoms with Gasteiger partial charge in [0.2, 0.25) is 5.91 Å². The van der Waals surface area contributed by atoms with Gasteiger partial charge in [-0.1, -0.05) is 61.4 Å². The van der Waals surface area contributed by atoms with Gasteiger partial charge in [0.25, 0.3) is 6.43 Å². The maximum absolute atomic E-state index is 13.5. The van der Waals surface area contributed by atoms with Crippen LogP contribution in [0.25, 0.3) is 11.1 Å². The highest BCUT2D eigenvalue weighted by molar-refractivity contribution is 5.80. The number of benzene rings is 2. The first-order valence-corrected chi connectivity index (χ1v) is 11.7. The summed E-state index contributed by atoms with van der Waals surface area (Å²) in [5, 5.41) is 13.8. The SMILES string of the molecule is O=C(CC(NC(=O)OCC1c2ccccc2-c2ccccc21)C(F)F)NCC(CC1CC1)C(=O)O. The number of carbonyl (C=O) groups is 3. The van der Waals surface area contributed by atoms with Crippen molar-refractivity contribution in [2.45, 2.75) is 44.1 Å². The van der Waals surface area contributed by atoms with Gasteiger partial charge in [-0.15, -0.1) is 0 Å². The van der Waals surface area contributed by atoms with Crippen LogP contribution in [0.15, 0.2) is 48.5 Å². The molecule has 9 heteroatoms. The number of alkyl carbamates (subject to hydrolysis) is 1. The van der Waals surface area contributed by atoms with Crippen LogP contribution in [0.1, 0.15) is 42.7 Å². The van der Waals surface area contributed by atoms with Gasteiger partial charge in [-0.2, -0.15) is 0 Å². The van der Waals surface area contributed by atoms with Gasteiger partial charge < -0.3 is 20.5 Å². The normalized spacial score (nSPS) is 16.2. The molecule has 186 valence electrons. The molecule has 0 aliphatic heterocycles. The number of carboxylic acid groups (broad SMARTS) is 1. The minimum Gasteiger partial charge on any atom is -0.481 e. The first-order valence-electron chi connectivity index (χ1n) is 11.7. The van der Waals surface area contributed by atoms with Crippen molar-refractivity contribution in [1.29, 1.82) is 0 Å². The number of carbonyl (C=O) groups excluding carboxylic acids is 2. The molecule has 0 spiro atoms. The first kappa shape index (κ1) is 24.6. The highest BCUT2D eigenvalue weighted by atomic mass is 19.3. The molecule has 2 amide bonds. The van der Waals surface area contributed by atoms with E-state index in [1.54, 1.807) is 0 Å². The summed E-state index contributed by atoms with van der Waals surface area (Å²) in [6.07, 6.45) is -2.33. The molecule has 1 saturated carbocycles. The van der Waals surface area contributed by atoms with Gasteiger partial charge in [0, 0.05) is 12.5 Å². The Bertz CT molecular complexity index is 1040. The second kappa shape index (κ2) is 10.8. The molecule has 0 bridgehead atoms. The zero-order valence-electron chi connectivity index (χ0n) is 19.1. The largest absolute Gasteiger partial charge is 0.481 e. The fourth-order valence-electron chi connectivity index (χ4n) is 4.53. The van der Waals surface area contributed by atoms with E-state index in [9.17, 15) is 28.3 Å². The second-order valence-electron chi connectivity index (χ2n) is 9.13. The van der Waals surface area contributed by atoms with Crippen molar-refractivity contribution in [2.24, 2.45) is 11.8 Å². The minimum absolute atomic E-state index is 0.0382. The van der Waals surface area contributed by atoms with Gasteiger partial charge >= 0.3 is 12.1 Å². The Morgan fingerprint density at radius 3 is 2.14 bits per heavy atom. The number of hydrogen-bond acceptors (Lipinski definition) is 4. The van der Waals surface area contributed by atoms with Crippen LogP contribution in [0.2, 0.25) is 0 Å². The highest BCUT2D eigenvalue weighted by Crippen LogP contribution is 2.44. The Morgan fingerprint density at radius 2 is 1.60 bits per heavy atom. The number of ether oxygens (including phenoxy) is 1. The third kappa shape index (κ3) is 6.15. The van der Waals surface area contributed by atoms with Crippen molar-refractivity contribution in [1.82, 2.24) is 10.6 Å². The molecule has 0 heterocycles. The summed E-state index contributed by atoms with van der Waals surface area (Å²) >= 11 is 0. The minimum atomic E-state index is -3.00. The molecule has 2 atom stereocenters. The van der Waals surface area contributed by atoms with E-state index in [0.29, 0.717) is 12.3 Å². The van der Waals surface area contributed by atoms with Gasteiger partial charge in [-0.25, -0.2) is 13.6 Å². The molecule has 0 aromatic heterocycles. The summed E-state index contributed by atoms with van der Waals surface area (Å²) in [5.41, 5.74) is 4.07. The molecule has 0 saturated heterocycles. The maximum Gasteiger partial charge on any atom is 0.407 e. The predicted octanol–water partition coefficient (Wildman–Crippen LogP) is 4.17. The van der Waals surface area contributed by atoms with Crippen molar-refractivity contribution in [3.05, 3.63) is 59.7 Å². The summed E-state index contributed by atoms with van der Waals surface area (Å²) < 4.78 is 32.3. The van der Waals surface area contributed by atoms with Crippen molar-refractivity contribution in [3.8, 4) is 11.1 Å². The van der Waals surface area contributed by atoms with Crippen molar-refractivity contribution in [3.63, 3.8) is 0 Å². The Morgan fingerprint density at radius 1 is 1.00 bits per heavy atom. The molecular weight excluding hydrogens is 458 g/mol. The molecule has 3 N–H and O–H groups in total. The predicted molar refractivity (Wildman–Crippen MR) is 124 cm³/mol. The summed E-state index contributed by atoms with van der Waals surface area (Å²) in [5.74, 6) is -2.42. The lowest BCUT2D eigenvalue weighted by atomic mass is 9.98. The zero-order valence-corrected chi connectivity index (χ0v) is 19.1. The van der Waals surface area contributed by atoms with Crippen LogP contribution in [0.4, 0.5) is 13.6 Å². The lowest BCUT2D eigenvalue weighted by Crippen LogP contribution is -2.44. The lowest BCUT2D eigenvalue weighted by Gasteiger charge is -2.20. The number of amides is 2. The maximum atomic E-state index is 13.5. The van der Waals surface area contributed by atoms with E-state index in [1.165, 1.54) is 0 Å². The van der Waals surface area contributed by atoms with Crippen LogP contribution in [-0.4, -0.2) is 48.7 Å². The Balaban J connectivity index is 1.30. The Kier molecular flexibility index (Phi) is 7.63. The number of nitrogens with one attached hydrogen (secondary N) is 2. The van der Waals surface area contributed by atoms with Crippen LogP contribution >= 0.6 is 0 Å². The van der Waals surface area contributed by atoms with Crippen LogP contribution in [-0.2, 0) is 14.3 Å². The fourth-order valence-corrected chi connectivity index (χ4v) is 4.53. The van der Waals surface area contributed by atoms with Crippen LogP contribution < -0.4 is 10.6 Å². The Hall–Kier alpha value is -3.49. The van der Waals surface area contributed by atoms with E-state index in [-0.39, 0.29) is 19.1 Å². The van der Waals surface area contributed by atoms with Crippen LogP contribution in [0, 0.1) is 11.8 Å². The molecule has 4 rings (SSSR count). The average Bonchev–Trinajstić information content (AvgIpc) is 3.60. The number of carboxylic acids is 1. The molecular formula is C26H28F2N2O5. The molecule has 35 heavy (non-hydrogen) atoms. The first-order chi connectivity index (χ1) is 16.8. The smallest absolute Gasteiger partial charge is 0.407 e. The monoisotopic (exact) mass is 486 g/mol. The number of aliphatic carboxylic acids is 1. The molecule has 2 unspecified atom stereocenters. The molecule has 2 aliphatic carbocycles. The summed E-state index contributed by atoms with van der Waals surface area (Å²) in [7, 11) is 0. The van der Waals surface area contributed by atoms with Crippen LogP contribution in [0.3, 0.4) is 0 Å². The number of rotatable bonds is 11. The quantitative estimate of drug-likeness (QED) is 0.442. The van der Waals surface area contributed by atoms with Crippen molar-refractivity contribution < 1.29 is 33.0 Å². The number of hydrogen-bond donors (Lipinski definition) is 3. The van der Waals surface area contributed by atoms with Gasteiger partial charge in [-0.05, 0) is 34.6 Å². The van der Waals surface area contributed by atoms with Gasteiger partial charge in [0.15, 0.2) is 0 Å². The zero-order chi connectivity index (χ0) is 24.9. The number of alkyl halides is 2. The number of fused-ring (bicyclic) bond motifs is 3. The standard InChI is InChI=1S/C26H28F2N2O5/c27-24(28)22(12-23(31)29-13-16(25(32)33)11-15-9-10-15)30-26(34)35-14-21-19-7-3-1-5-17(19)18-6-2-4-8-20(18)21/h1-8,15-16,21-22,24H,9-14H2,(H,29,31)(H,30,34)(H,32,33). The molecule has 2 aliphatic rings. The molecule has 1 fully saturated rings. The summed E-state index contributed by atoms with van der Waals surface area (Å²) in [6.45, 7) is -0.172. The molecule has 2 aromatic carbocycles. The van der Waals surface area contributed by atoms with E-state index in [0.717, 1.165) is 35.1 Å². The van der Waals surface area contributed by atoms with E-state index >= 15 is 0 Å². The van der Waals surface area contributed by atoms with Gasteiger partial charge in [0.05, 0.1) is 12.3 Å². The van der Waals surface area contributed by atoms with Crippen molar-refractivity contribution >= 4 is 18.0 Å². The van der Waals surface area contributed by atoms with Gasteiger partial charge in [0.1, 0.15) is 12.6 Å². The average molecular weight is 487 g/mol. The third-order valence-corrected chi connectivity index (χ3v) is 6.57. The van der Waals surface area contributed by atoms with Gasteiger partial charge in [-0.3, -0.25) is 9.59 Å². The second-order valence-corrected chi connectivity index (χ2v) is 9.13. The van der Waals surface area contributed by atoms with E-state index in [1.807, 2.05) is 48.5 Å². The molecule has 0 radical (unpaired) electrons. The summed E-state index contributed by atoms with van der Waals surface area (Å²) in [6, 6.07) is 13.7. The van der Waals surface area contributed by atoms with E-state index in [4.69, 9.17) is 4.74 Å². The lowest BCUT2D eigenvalue weighted by molar-refractivity contribution is -0.142.